The van der Waals surface area contributed by atoms with Gasteiger partial charge in [-0.3, -0.25) is 0 Å². The van der Waals surface area contributed by atoms with Crippen molar-refractivity contribution in [3.05, 3.63) is 60.3 Å². The Balaban J connectivity index is 1.40. The van der Waals surface area contributed by atoms with Gasteiger partial charge in [-0.2, -0.15) is 0 Å². The maximum Gasteiger partial charge on any atom is 0.365 e. The lowest BCUT2D eigenvalue weighted by atomic mass is 10.1. The summed E-state index contributed by atoms with van der Waals surface area (Å²) in [6.45, 7) is 2.22. The highest BCUT2D eigenvalue weighted by Crippen LogP contribution is 2.28. The van der Waals surface area contributed by atoms with Gasteiger partial charge in [0, 0.05) is 23.1 Å². The van der Waals surface area contributed by atoms with Crippen LogP contribution in [0.2, 0.25) is 0 Å². The summed E-state index contributed by atoms with van der Waals surface area (Å²) in [6, 6.07) is 15.6. The van der Waals surface area contributed by atoms with Crippen molar-refractivity contribution in [1.82, 2.24) is 24.6 Å². The second-order valence-corrected chi connectivity index (χ2v) is 7.36. The summed E-state index contributed by atoms with van der Waals surface area (Å²) < 4.78 is 2.34. The van der Waals surface area contributed by atoms with Gasteiger partial charge in [0.2, 0.25) is 0 Å². The molecule has 7 nitrogen and oxygen atoms in total. The topological polar surface area (TPSA) is 65.2 Å². The van der Waals surface area contributed by atoms with Crippen LogP contribution in [0.4, 0.5) is 0 Å². The van der Waals surface area contributed by atoms with E-state index in [1.807, 2.05) is 42.5 Å². The molecule has 0 amide bonds. The van der Waals surface area contributed by atoms with E-state index in [2.05, 4.69) is 39.1 Å². The molecule has 7 heteroatoms. The third kappa shape index (κ3) is 2.93. The van der Waals surface area contributed by atoms with Gasteiger partial charge >= 0.3 is 5.97 Å². The number of likely N-dealkylation sites (tertiary alicyclic amines) is 1. The van der Waals surface area contributed by atoms with Crippen molar-refractivity contribution < 1.29 is 9.63 Å². The predicted octanol–water partition coefficient (Wildman–Crippen LogP) is 2.92. The first-order chi connectivity index (χ1) is 13.7. The van der Waals surface area contributed by atoms with E-state index in [4.69, 9.17) is 4.84 Å². The predicted molar refractivity (Wildman–Crippen MR) is 106 cm³/mol. The van der Waals surface area contributed by atoms with Gasteiger partial charge in [-0.15, -0.1) is 5.10 Å². The number of benzene rings is 2. The number of carbonyl (C=O) groups excluding carboxylic acids is 1. The summed E-state index contributed by atoms with van der Waals surface area (Å²) in [6.07, 6.45) is 4.41. The lowest BCUT2D eigenvalue weighted by molar-refractivity contribution is 0.0409. The van der Waals surface area contributed by atoms with Crippen molar-refractivity contribution in [2.45, 2.75) is 18.9 Å². The van der Waals surface area contributed by atoms with Crippen LogP contribution in [0.25, 0.3) is 21.9 Å². The van der Waals surface area contributed by atoms with Gasteiger partial charge in [0.25, 0.3) is 0 Å². The summed E-state index contributed by atoms with van der Waals surface area (Å²) in [7, 11) is 2.17. The minimum Gasteiger partial charge on any atom is -0.344 e. The average Bonchev–Trinajstić information content (AvgIpc) is 3.33. The molecule has 0 bridgehead atoms. The molecule has 2 aromatic carbocycles. The minimum atomic E-state index is -0.454. The number of rotatable bonds is 3. The number of nitrogens with zero attached hydrogens (tertiary/aromatic N) is 5. The minimum absolute atomic E-state index is 0.454. The molecule has 142 valence electrons. The fraction of sp³-hybridized carbons (Fsp3) is 0.286. The Kier molecular flexibility index (Phi) is 4.09. The van der Waals surface area contributed by atoms with Crippen LogP contribution in [-0.2, 0) is 0 Å². The van der Waals surface area contributed by atoms with Crippen LogP contribution >= 0.6 is 0 Å². The van der Waals surface area contributed by atoms with Crippen LogP contribution < -0.4 is 4.84 Å². The molecule has 1 fully saturated rings. The largest absolute Gasteiger partial charge is 0.365 e. The van der Waals surface area contributed by atoms with Crippen molar-refractivity contribution >= 4 is 27.9 Å². The molecule has 5 rings (SSSR count). The summed E-state index contributed by atoms with van der Waals surface area (Å²) in [5.41, 5.74) is 2.98. The Morgan fingerprint density at radius 2 is 1.89 bits per heavy atom. The van der Waals surface area contributed by atoms with Crippen molar-refractivity contribution in [3.8, 4) is 0 Å². The molecule has 1 aliphatic rings. The standard InChI is InChI=1S/C21H21N5O2/c1-24-11-9-17(10-12-24)25-13-8-15-14-16(6-7-19(15)25)21(27)28-26-20-5-3-2-4-18(20)22-23-26/h2-8,13-14,17H,9-12H2,1H3. The lowest BCUT2D eigenvalue weighted by Gasteiger charge is -2.30. The number of hydrogen-bond donors (Lipinski definition) is 0. The first-order valence-corrected chi connectivity index (χ1v) is 9.51. The maximum atomic E-state index is 12.6. The smallest absolute Gasteiger partial charge is 0.344 e. The summed E-state index contributed by atoms with van der Waals surface area (Å²) >= 11 is 0. The number of piperidine rings is 1. The van der Waals surface area contributed by atoms with Gasteiger partial charge < -0.3 is 14.3 Å². The van der Waals surface area contributed by atoms with Gasteiger partial charge in [0.1, 0.15) is 11.0 Å². The maximum absolute atomic E-state index is 12.6. The zero-order valence-electron chi connectivity index (χ0n) is 15.7. The molecule has 1 saturated heterocycles. The summed E-state index contributed by atoms with van der Waals surface area (Å²) in [5.74, 6) is -0.454. The van der Waals surface area contributed by atoms with Gasteiger partial charge in [-0.1, -0.05) is 17.0 Å². The zero-order valence-corrected chi connectivity index (χ0v) is 15.7. The Labute approximate surface area is 162 Å². The van der Waals surface area contributed by atoms with E-state index in [1.165, 1.54) is 4.85 Å². The zero-order chi connectivity index (χ0) is 19.1. The third-order valence-electron chi connectivity index (χ3n) is 5.53. The number of para-hydroxylation sites is 1. The van der Waals surface area contributed by atoms with E-state index in [0.29, 0.717) is 22.6 Å². The molecule has 4 aromatic rings. The van der Waals surface area contributed by atoms with Crippen LogP contribution in [0.3, 0.4) is 0 Å². The fourth-order valence-corrected chi connectivity index (χ4v) is 3.93. The van der Waals surface area contributed by atoms with E-state index in [-0.39, 0.29) is 0 Å². The van der Waals surface area contributed by atoms with Gasteiger partial charge in [0.05, 0.1) is 5.56 Å². The first kappa shape index (κ1) is 16.9. The third-order valence-corrected chi connectivity index (χ3v) is 5.53. The molecule has 0 radical (unpaired) electrons. The van der Waals surface area contributed by atoms with Crippen molar-refractivity contribution in [2.75, 3.05) is 20.1 Å². The molecule has 0 N–H and O–H groups in total. The van der Waals surface area contributed by atoms with E-state index < -0.39 is 5.97 Å². The molecular weight excluding hydrogens is 354 g/mol. The molecule has 0 saturated carbocycles. The van der Waals surface area contributed by atoms with Crippen molar-refractivity contribution in [1.29, 1.82) is 0 Å². The molecule has 3 heterocycles. The number of aromatic nitrogens is 4. The van der Waals surface area contributed by atoms with Crippen molar-refractivity contribution in [3.63, 3.8) is 0 Å². The van der Waals surface area contributed by atoms with Crippen LogP contribution in [0, 0.1) is 0 Å². The summed E-state index contributed by atoms with van der Waals surface area (Å²) in [5, 5.41) is 8.95. The van der Waals surface area contributed by atoms with Gasteiger partial charge in [0.15, 0.2) is 0 Å². The second kappa shape index (κ2) is 6.76. The van der Waals surface area contributed by atoms with E-state index in [0.717, 1.165) is 36.8 Å². The Bertz CT molecular complexity index is 1150. The summed E-state index contributed by atoms with van der Waals surface area (Å²) in [4.78, 5) is 21.6. The van der Waals surface area contributed by atoms with E-state index >= 15 is 0 Å². The number of hydrogen-bond acceptors (Lipinski definition) is 5. The Morgan fingerprint density at radius 3 is 2.75 bits per heavy atom. The highest BCUT2D eigenvalue weighted by Gasteiger charge is 2.20. The number of fused-ring (bicyclic) bond motifs is 2. The van der Waals surface area contributed by atoms with E-state index in [1.54, 1.807) is 0 Å². The van der Waals surface area contributed by atoms with Crippen LogP contribution in [0.15, 0.2) is 54.7 Å². The fourth-order valence-electron chi connectivity index (χ4n) is 3.93. The second-order valence-electron chi connectivity index (χ2n) is 7.36. The van der Waals surface area contributed by atoms with Gasteiger partial charge in [-0.25, -0.2) is 4.79 Å². The van der Waals surface area contributed by atoms with Crippen molar-refractivity contribution in [2.24, 2.45) is 0 Å². The monoisotopic (exact) mass is 375 g/mol. The normalized spacial score (nSPS) is 16.0. The average molecular weight is 375 g/mol. The SMILES string of the molecule is CN1CCC(n2ccc3cc(C(=O)On4nnc5ccccc54)ccc32)CC1. The quantitative estimate of drug-likeness (QED) is 0.515. The van der Waals surface area contributed by atoms with Crippen LogP contribution in [0.5, 0.6) is 0 Å². The first-order valence-electron chi connectivity index (χ1n) is 9.51. The highest BCUT2D eigenvalue weighted by atomic mass is 16.7. The molecule has 1 aliphatic heterocycles. The molecular formula is C21H21N5O2. The molecule has 0 spiro atoms. The molecule has 0 unspecified atom stereocenters. The number of carbonyl (C=O) groups is 1. The highest BCUT2D eigenvalue weighted by molar-refractivity contribution is 5.95. The van der Waals surface area contributed by atoms with Gasteiger partial charge in [-0.05, 0) is 74.6 Å². The van der Waals surface area contributed by atoms with Crippen LogP contribution in [0.1, 0.15) is 29.2 Å². The van der Waals surface area contributed by atoms with Crippen LogP contribution in [-0.4, -0.2) is 50.7 Å². The molecule has 2 aromatic heterocycles. The molecule has 28 heavy (non-hydrogen) atoms. The van der Waals surface area contributed by atoms with E-state index in [9.17, 15) is 4.79 Å². The molecule has 0 atom stereocenters. The Morgan fingerprint density at radius 1 is 1.07 bits per heavy atom. The lowest BCUT2D eigenvalue weighted by Crippen LogP contribution is -2.31. The molecule has 0 aliphatic carbocycles. The Hall–Kier alpha value is -3.19.